The van der Waals surface area contributed by atoms with Crippen LogP contribution in [0.3, 0.4) is 0 Å². The molecule has 0 saturated heterocycles. The zero-order valence-corrected chi connectivity index (χ0v) is 43.7. The fraction of sp³-hybridized carbons (Fsp3) is 0.0685. The SMILES string of the molecule is C=C(C)c1ccccc1.C=C(C=O)c1ccccc1.C=Cc1ccccc1.CCC.C\C=C/C(C#Cc1ccccc1)=C\C=C\C(=C(\C=O)c1ccccc1)c1cccc(-c2ccc(C#Cc3ccccc3)cc2)c1. The fourth-order valence-electron chi connectivity index (χ4n) is 6.79. The molecule has 370 valence electrons. The van der Waals surface area contributed by atoms with Gasteiger partial charge in [0.15, 0.2) is 6.29 Å². The highest BCUT2D eigenvalue weighted by molar-refractivity contribution is 6.19. The first-order chi connectivity index (χ1) is 36.7. The molecule has 0 heterocycles. The van der Waals surface area contributed by atoms with E-state index < -0.39 is 0 Å². The third kappa shape index (κ3) is 21.7. The maximum atomic E-state index is 12.6. The Balaban J connectivity index is 0.000000323. The van der Waals surface area contributed by atoms with E-state index in [2.05, 4.69) is 93.7 Å². The van der Waals surface area contributed by atoms with Crippen LogP contribution in [0.1, 0.15) is 78.6 Å². The van der Waals surface area contributed by atoms with Crippen LogP contribution in [0.5, 0.6) is 0 Å². The van der Waals surface area contributed by atoms with E-state index in [1.54, 1.807) is 0 Å². The second-order valence-electron chi connectivity index (χ2n) is 16.7. The number of hydrogen-bond donors (Lipinski definition) is 0. The molecule has 0 radical (unpaired) electrons. The molecule has 8 aromatic carbocycles. The van der Waals surface area contributed by atoms with Crippen LogP contribution in [0.4, 0.5) is 0 Å². The standard InChI is InChI=1S/C44H32O.C9H8O.C9H10.C8H8.C3H8/c1-2-14-35(25-26-36-15-6-3-7-16-36)19-12-24-43(44(34-45)40-20-10-5-11-21-40)42-23-13-22-41(33-42)39-31-29-38(30-32-39)28-27-37-17-8-4-9-18-37;1-8(7-10)9-5-3-2-4-6-9;1-8(2)9-6-4-3-5-7-9;1-2-8-6-4-3-5-7-8;1-3-2/h2-24,29-34H,1H3;2-7H,1H2;3-7H,1H2,2H3;2-7H,1H2;3H2,1-2H3/b14-2-,24-12+,35-19+,44-43+;;;;. The van der Waals surface area contributed by atoms with Gasteiger partial charge < -0.3 is 0 Å². The molecule has 0 fully saturated rings. The molecule has 0 unspecified atom stereocenters. The van der Waals surface area contributed by atoms with Gasteiger partial charge in [0.25, 0.3) is 0 Å². The molecule has 0 amide bonds. The summed E-state index contributed by atoms with van der Waals surface area (Å²) in [5.41, 5.74) is 14.1. The lowest BCUT2D eigenvalue weighted by Crippen LogP contribution is -1.93. The number of carbonyl (C=O) groups excluding carboxylic acids is 2. The van der Waals surface area contributed by atoms with Gasteiger partial charge in [0, 0.05) is 33.4 Å². The molecule has 8 rings (SSSR count). The van der Waals surface area contributed by atoms with Crippen LogP contribution in [0.15, 0.2) is 286 Å². The Bertz CT molecular complexity index is 3240. The minimum absolute atomic E-state index is 0.528. The van der Waals surface area contributed by atoms with E-state index in [4.69, 9.17) is 0 Å². The maximum absolute atomic E-state index is 12.6. The molecule has 0 spiro atoms. The van der Waals surface area contributed by atoms with E-state index in [1.165, 1.54) is 17.5 Å². The molecule has 0 bridgehead atoms. The number of benzene rings is 8. The van der Waals surface area contributed by atoms with Crippen molar-refractivity contribution in [1.29, 1.82) is 0 Å². The molecule has 8 aromatic rings. The molecular weight excluding hydrogens is 909 g/mol. The Labute approximate surface area is 447 Å². The van der Waals surface area contributed by atoms with Crippen LogP contribution in [-0.2, 0) is 9.59 Å². The molecule has 0 atom stereocenters. The Kier molecular flexibility index (Phi) is 26.8. The average Bonchev–Trinajstić information content (AvgIpc) is 3.48. The monoisotopic (exact) mass is 975 g/mol. The van der Waals surface area contributed by atoms with Gasteiger partial charge in [0.1, 0.15) is 6.29 Å². The van der Waals surface area contributed by atoms with Crippen molar-refractivity contribution in [3.8, 4) is 34.8 Å². The van der Waals surface area contributed by atoms with Gasteiger partial charge in [0.05, 0.1) is 0 Å². The summed E-state index contributed by atoms with van der Waals surface area (Å²) in [7, 11) is 0. The maximum Gasteiger partial charge on any atom is 0.151 e. The number of rotatable bonds is 11. The van der Waals surface area contributed by atoms with Crippen molar-refractivity contribution in [2.75, 3.05) is 0 Å². The van der Waals surface area contributed by atoms with Crippen molar-refractivity contribution in [2.45, 2.75) is 34.1 Å². The largest absolute Gasteiger partial charge is 0.298 e. The molecule has 0 aliphatic heterocycles. The predicted octanol–water partition coefficient (Wildman–Crippen LogP) is 18.3. The molecule has 2 heteroatoms. The van der Waals surface area contributed by atoms with E-state index in [0.29, 0.717) is 11.1 Å². The topological polar surface area (TPSA) is 34.1 Å². The summed E-state index contributed by atoms with van der Waals surface area (Å²) in [6.45, 7) is 19.3. The number of hydrogen-bond acceptors (Lipinski definition) is 2. The van der Waals surface area contributed by atoms with Crippen molar-refractivity contribution in [1.82, 2.24) is 0 Å². The van der Waals surface area contributed by atoms with Crippen molar-refractivity contribution in [2.24, 2.45) is 0 Å². The summed E-state index contributed by atoms with van der Waals surface area (Å²) < 4.78 is 0. The number of carbonyl (C=O) groups is 2. The third-order valence-electron chi connectivity index (χ3n) is 10.6. The summed E-state index contributed by atoms with van der Waals surface area (Å²) in [5.74, 6) is 12.9. The molecule has 2 nitrogen and oxygen atoms in total. The zero-order chi connectivity index (χ0) is 53.7. The highest BCUT2D eigenvalue weighted by Gasteiger charge is 2.10. The Hall–Kier alpha value is -9.60. The molecule has 0 aliphatic carbocycles. The van der Waals surface area contributed by atoms with Crippen LogP contribution in [0, 0.1) is 23.7 Å². The van der Waals surface area contributed by atoms with Gasteiger partial charge in [-0.2, -0.15) is 0 Å². The second kappa shape index (κ2) is 34.7. The van der Waals surface area contributed by atoms with Gasteiger partial charge >= 0.3 is 0 Å². The molecule has 75 heavy (non-hydrogen) atoms. The molecule has 0 N–H and O–H groups in total. The quantitative estimate of drug-likeness (QED) is 0.0425. The number of aldehydes is 2. The summed E-state index contributed by atoms with van der Waals surface area (Å²) >= 11 is 0. The van der Waals surface area contributed by atoms with Gasteiger partial charge in [-0.05, 0) is 107 Å². The van der Waals surface area contributed by atoms with Gasteiger partial charge in [-0.3, -0.25) is 9.59 Å². The average molecular weight is 975 g/mol. The van der Waals surface area contributed by atoms with Crippen molar-refractivity contribution in [3.63, 3.8) is 0 Å². The van der Waals surface area contributed by atoms with Crippen LogP contribution < -0.4 is 0 Å². The minimum Gasteiger partial charge on any atom is -0.298 e. The first-order valence-electron chi connectivity index (χ1n) is 24.9. The molecule has 0 saturated carbocycles. The smallest absolute Gasteiger partial charge is 0.151 e. The van der Waals surface area contributed by atoms with Crippen LogP contribution >= 0.6 is 0 Å². The van der Waals surface area contributed by atoms with Crippen molar-refractivity contribution < 1.29 is 9.59 Å². The lowest BCUT2D eigenvalue weighted by Gasteiger charge is -2.11. The zero-order valence-electron chi connectivity index (χ0n) is 43.7. The highest BCUT2D eigenvalue weighted by Crippen LogP contribution is 2.30. The van der Waals surface area contributed by atoms with Crippen molar-refractivity contribution in [3.05, 3.63) is 331 Å². The normalized spacial score (nSPS) is 10.4. The summed E-state index contributed by atoms with van der Waals surface area (Å²) in [5, 5.41) is 0. The molecule has 0 aliphatic rings. The fourth-order valence-corrected chi connectivity index (χ4v) is 6.79. The first kappa shape index (κ1) is 58.0. The lowest BCUT2D eigenvalue weighted by atomic mass is 9.92. The summed E-state index contributed by atoms with van der Waals surface area (Å²) in [4.78, 5) is 22.8. The van der Waals surface area contributed by atoms with Crippen LogP contribution in [0.25, 0.3) is 39.5 Å². The third-order valence-corrected chi connectivity index (χ3v) is 10.6. The van der Waals surface area contributed by atoms with Gasteiger partial charge in [-0.1, -0.05) is 288 Å². The molecule has 0 aromatic heterocycles. The Morgan fingerprint density at radius 1 is 0.467 bits per heavy atom. The van der Waals surface area contributed by atoms with Gasteiger partial charge in [0.2, 0.25) is 0 Å². The Morgan fingerprint density at radius 3 is 1.37 bits per heavy atom. The van der Waals surface area contributed by atoms with E-state index in [-0.39, 0.29) is 0 Å². The number of allylic oxidation sites excluding steroid dienone is 10. The first-order valence-corrected chi connectivity index (χ1v) is 24.9. The van der Waals surface area contributed by atoms with E-state index in [1.807, 2.05) is 244 Å². The predicted molar refractivity (Wildman–Crippen MR) is 324 cm³/mol. The van der Waals surface area contributed by atoms with Gasteiger partial charge in [-0.25, -0.2) is 0 Å². The van der Waals surface area contributed by atoms with Gasteiger partial charge in [-0.15, -0.1) is 0 Å². The molecular formula is C73H66O2. The lowest BCUT2D eigenvalue weighted by molar-refractivity contribution is -0.104. The van der Waals surface area contributed by atoms with Crippen LogP contribution in [0.2, 0.25) is 0 Å². The highest BCUT2D eigenvalue weighted by atomic mass is 16.1. The van der Waals surface area contributed by atoms with Crippen molar-refractivity contribution >= 4 is 40.9 Å². The summed E-state index contributed by atoms with van der Waals surface area (Å²) in [6.07, 6.45) is 14.7. The Morgan fingerprint density at radius 2 is 0.920 bits per heavy atom. The van der Waals surface area contributed by atoms with Crippen LogP contribution in [-0.4, -0.2) is 12.6 Å². The summed E-state index contributed by atoms with van der Waals surface area (Å²) in [6, 6.07) is 75.8. The van der Waals surface area contributed by atoms with E-state index >= 15 is 0 Å². The van der Waals surface area contributed by atoms with E-state index in [9.17, 15) is 9.59 Å². The van der Waals surface area contributed by atoms with E-state index in [0.717, 1.165) is 73.8 Å². The second-order valence-corrected chi connectivity index (χ2v) is 16.7. The minimum atomic E-state index is 0.528.